The maximum Gasteiger partial charge on any atom is 0.349 e. The molecule has 0 amide bonds. The van der Waals surface area contributed by atoms with Crippen molar-refractivity contribution >= 4 is 39.5 Å². The quantitative estimate of drug-likeness (QED) is 0.0673. The first kappa shape index (κ1) is 38.6. The van der Waals surface area contributed by atoms with E-state index in [0.717, 1.165) is 71.1 Å². The summed E-state index contributed by atoms with van der Waals surface area (Å²) >= 11 is 2.71. The van der Waals surface area contributed by atoms with E-state index in [1.807, 2.05) is 22.9 Å². The summed E-state index contributed by atoms with van der Waals surface area (Å²) in [5.74, 6) is -0.606. The van der Waals surface area contributed by atoms with E-state index in [1.165, 1.54) is 34.8 Å². The number of ether oxygens (including phenoxy) is 2. The number of hydrogen-bond donors (Lipinski definition) is 5. The van der Waals surface area contributed by atoms with Gasteiger partial charge in [-0.3, -0.25) is 9.50 Å². The van der Waals surface area contributed by atoms with Crippen molar-refractivity contribution in [1.82, 2.24) is 15.2 Å². The Morgan fingerprint density at radius 1 is 1.00 bits per heavy atom. The number of phenols is 1. The van der Waals surface area contributed by atoms with Crippen LogP contribution >= 0.6 is 22.7 Å². The number of pyridine rings is 1. The number of aliphatic hydroxyl groups excluding tert-OH is 1. The molecule has 3 heterocycles. The minimum Gasteiger partial charge on any atom is -0.506 e. The summed E-state index contributed by atoms with van der Waals surface area (Å²) in [6.45, 7) is 3.44. The van der Waals surface area contributed by atoms with Crippen molar-refractivity contribution in [3.63, 3.8) is 0 Å². The Bertz CT molecular complexity index is 1590. The molecule has 0 unspecified atom stereocenters. The first-order valence-corrected chi connectivity index (χ1v) is 18.6. The van der Waals surface area contributed by atoms with Crippen molar-refractivity contribution in [3.8, 4) is 5.75 Å². The van der Waals surface area contributed by atoms with Gasteiger partial charge in [-0.15, -0.1) is 22.7 Å². The number of likely N-dealkylation sites (N-methyl/N-ethyl adjacent to an activating group) is 1. The van der Waals surface area contributed by atoms with Crippen molar-refractivity contribution in [1.29, 1.82) is 0 Å². The van der Waals surface area contributed by atoms with E-state index in [2.05, 4.69) is 22.2 Å². The van der Waals surface area contributed by atoms with E-state index in [-0.39, 0.29) is 22.1 Å². The smallest absolute Gasteiger partial charge is 0.349 e. The summed E-state index contributed by atoms with van der Waals surface area (Å²) in [7, 11) is 2.13. The number of aromatic hydroxyl groups is 1. The number of benzene rings is 1. The molecule has 0 aliphatic heterocycles. The van der Waals surface area contributed by atoms with E-state index in [4.69, 9.17) is 9.47 Å². The predicted molar refractivity (Wildman–Crippen MR) is 192 cm³/mol. The summed E-state index contributed by atoms with van der Waals surface area (Å²) in [5.41, 5.74) is -1.06. The summed E-state index contributed by atoms with van der Waals surface area (Å²) < 4.78 is 11.8. The maximum atomic E-state index is 13.3. The molecule has 1 aliphatic rings. The van der Waals surface area contributed by atoms with Crippen molar-refractivity contribution < 1.29 is 34.3 Å². The Labute approximate surface area is 294 Å². The van der Waals surface area contributed by atoms with Crippen molar-refractivity contribution in [2.24, 2.45) is 0 Å². The number of phenolic OH excluding ortho intramolecular Hbond substituents is 1. The van der Waals surface area contributed by atoms with Gasteiger partial charge in [0.15, 0.2) is 0 Å². The Morgan fingerprint density at radius 2 is 1.69 bits per heavy atom. The molecule has 0 bridgehead atoms. The molecule has 1 fully saturated rings. The first-order valence-electron chi connectivity index (χ1n) is 16.8. The fourth-order valence-electron chi connectivity index (χ4n) is 6.33. The van der Waals surface area contributed by atoms with E-state index in [1.54, 1.807) is 24.3 Å². The van der Waals surface area contributed by atoms with E-state index in [0.29, 0.717) is 45.4 Å². The number of aliphatic hydroxyl groups is 2. The zero-order chi connectivity index (χ0) is 33.9. The Hall–Kier alpha value is -3.17. The number of halogens is 1. The third-order valence-electron chi connectivity index (χ3n) is 9.18. The molecular weight excluding hydrogens is 670 g/mol. The van der Waals surface area contributed by atoms with Gasteiger partial charge in [-0.1, -0.05) is 31.0 Å². The highest BCUT2D eigenvalue weighted by Crippen LogP contribution is 2.38. The van der Waals surface area contributed by atoms with E-state index < -0.39 is 17.7 Å². The largest absolute Gasteiger partial charge is 0.506 e. The molecule has 0 saturated heterocycles. The molecule has 1 aliphatic carbocycles. The molecule has 4 aromatic rings. The highest BCUT2D eigenvalue weighted by molar-refractivity contribution is 7.12. The number of thiophene rings is 2. The lowest BCUT2D eigenvalue weighted by atomic mass is 9.91. The number of rotatable bonds is 18. The lowest BCUT2D eigenvalue weighted by molar-refractivity contribution is -0.169. The molecule has 10 nitrogen and oxygen atoms in total. The number of esters is 1. The van der Waals surface area contributed by atoms with E-state index in [9.17, 15) is 24.9 Å². The van der Waals surface area contributed by atoms with Crippen molar-refractivity contribution in [2.75, 3.05) is 39.9 Å². The number of H-pyrrole nitrogens is 1. The molecule has 13 heteroatoms. The van der Waals surface area contributed by atoms with Gasteiger partial charge < -0.3 is 40.0 Å². The normalized spacial score (nSPS) is 17.2. The average Bonchev–Trinajstić information content (AvgIpc) is 3.84. The summed E-state index contributed by atoms with van der Waals surface area (Å²) in [6.07, 6.45) is 6.61. The van der Waals surface area contributed by atoms with Gasteiger partial charge in [0, 0.05) is 37.2 Å². The molecule has 1 atom stereocenters. The molecule has 5 N–H and O–H groups in total. The lowest BCUT2D eigenvalue weighted by Crippen LogP contribution is -2.42. The fourth-order valence-corrected chi connectivity index (χ4v) is 8.05. The molecule has 268 valence electrons. The van der Waals surface area contributed by atoms with Crippen LogP contribution in [0.1, 0.15) is 72.8 Å². The van der Waals surface area contributed by atoms with Gasteiger partial charge in [0.1, 0.15) is 11.9 Å². The van der Waals surface area contributed by atoms with Gasteiger partial charge in [0.05, 0.1) is 28.0 Å². The minimum absolute atomic E-state index is 0. The number of nitrogens with zero attached hydrogens (tertiary/aromatic N) is 1. The maximum absolute atomic E-state index is 13.3. The fraction of sp³-hybridized carbons (Fsp3) is 0.500. The lowest BCUT2D eigenvalue weighted by Gasteiger charge is -2.35. The predicted octanol–water partition coefficient (Wildman–Crippen LogP) is 5.43. The highest BCUT2D eigenvalue weighted by Gasteiger charge is 2.45. The summed E-state index contributed by atoms with van der Waals surface area (Å²) in [5, 5.41) is 39.9. The summed E-state index contributed by atoms with van der Waals surface area (Å²) in [6, 6.07) is 13.8. The molecule has 1 aromatic carbocycles. The molecule has 3 aromatic heterocycles. The van der Waals surface area contributed by atoms with Gasteiger partial charge in [0.2, 0.25) is 11.2 Å². The third kappa shape index (κ3) is 9.97. The van der Waals surface area contributed by atoms with Crippen LogP contribution in [0.3, 0.4) is 0 Å². The van der Waals surface area contributed by atoms with Crippen molar-refractivity contribution in [3.05, 3.63) is 85.0 Å². The first-order chi connectivity index (χ1) is 23.3. The molecular formula is C36H48FN3O7S2. The van der Waals surface area contributed by atoms with Gasteiger partial charge in [0.25, 0.3) is 0 Å². The number of aromatic nitrogens is 1. The van der Waals surface area contributed by atoms with Crippen LogP contribution < -0.4 is 10.9 Å². The molecule has 5 rings (SSSR count). The standard InChI is InChI=1S/C36H47N3O7S2.FH/c1-39(25-10-12-26(13-11-25)46-35(43)36(44,31-8-6-22-47-31)32-9-7-23-48-32)19-21-45-20-5-3-2-4-18-37-24-30(41)27-14-16-29(40)34-28(27)15-17-33(42)38-34;/h6-9,14-17,22-23,25-26,30,37,40-41,44H,2-5,10-13,18-21,24H2,1H3,(H,38,42);1H/t25-,26-,30-;/m0./s1. The molecule has 0 spiro atoms. The summed E-state index contributed by atoms with van der Waals surface area (Å²) in [4.78, 5) is 31.0. The van der Waals surface area contributed by atoms with Crippen LogP contribution in [0.5, 0.6) is 5.75 Å². The number of nitrogens with one attached hydrogen (secondary N) is 2. The highest BCUT2D eigenvalue weighted by atomic mass is 32.1. The molecule has 0 radical (unpaired) electrons. The molecule has 1 saturated carbocycles. The number of carbonyl (C=O) groups excluding carboxylic acids is 1. The monoisotopic (exact) mass is 717 g/mol. The zero-order valence-electron chi connectivity index (χ0n) is 27.8. The van der Waals surface area contributed by atoms with Crippen LogP contribution in [0.15, 0.2) is 64.1 Å². The van der Waals surface area contributed by atoms with E-state index >= 15 is 0 Å². The SMILES string of the molecule is CN(CCOCCCCCCNC[C@H](O)c1ccc(O)c2[nH]c(=O)ccc12)[C@H]1CC[C@H](OC(=O)C(O)(c2cccs2)c2cccs2)CC1.F. The van der Waals surface area contributed by atoms with Crippen LogP contribution in [0.2, 0.25) is 0 Å². The molecule has 49 heavy (non-hydrogen) atoms. The van der Waals surface area contributed by atoms with Crippen LogP contribution in [0.25, 0.3) is 10.9 Å². The Balaban J connectivity index is 0.00000541. The average molecular weight is 718 g/mol. The number of aromatic amines is 1. The van der Waals surface area contributed by atoms with Gasteiger partial charge in [-0.2, -0.15) is 0 Å². The number of unbranched alkanes of at least 4 members (excludes halogenated alkanes) is 3. The topological polar surface area (TPSA) is 144 Å². The third-order valence-corrected chi connectivity index (χ3v) is 11.1. The van der Waals surface area contributed by atoms with Crippen LogP contribution in [-0.2, 0) is 19.9 Å². The van der Waals surface area contributed by atoms with Crippen molar-refractivity contribution in [2.45, 2.75) is 75.2 Å². The van der Waals surface area contributed by atoms with Crippen LogP contribution in [0.4, 0.5) is 4.70 Å². The van der Waals surface area contributed by atoms with Crippen LogP contribution in [0, 0.1) is 0 Å². The number of fused-ring (bicyclic) bond motifs is 1. The number of carbonyl (C=O) groups is 1. The number of hydrogen-bond acceptors (Lipinski definition) is 11. The van der Waals surface area contributed by atoms with Gasteiger partial charge in [-0.25, -0.2) is 4.79 Å². The second-order valence-corrected chi connectivity index (χ2v) is 14.4. The Kier molecular flexibility index (Phi) is 14.8. The zero-order valence-corrected chi connectivity index (χ0v) is 29.5. The second-order valence-electron chi connectivity index (χ2n) is 12.5. The van der Waals surface area contributed by atoms with Gasteiger partial charge in [-0.05, 0) is 92.7 Å². The Morgan fingerprint density at radius 3 is 2.37 bits per heavy atom. The second kappa shape index (κ2) is 18.7. The minimum atomic E-state index is -1.76. The van der Waals surface area contributed by atoms with Crippen LogP contribution in [-0.4, -0.2) is 83.2 Å². The van der Waals surface area contributed by atoms with Gasteiger partial charge >= 0.3 is 5.97 Å².